The second kappa shape index (κ2) is 5.18. The first-order valence-corrected chi connectivity index (χ1v) is 6.49. The summed E-state index contributed by atoms with van der Waals surface area (Å²) in [6.07, 6.45) is 3.85. The van der Waals surface area contributed by atoms with Gasteiger partial charge in [-0.05, 0) is 6.42 Å². The van der Waals surface area contributed by atoms with E-state index in [9.17, 15) is 9.59 Å². The second-order valence-electron chi connectivity index (χ2n) is 3.88. The lowest BCUT2D eigenvalue weighted by atomic mass is 10.4. The smallest absolute Gasteiger partial charge is 0.331 e. The molecule has 0 amide bonds. The summed E-state index contributed by atoms with van der Waals surface area (Å²) >= 11 is 1.40. The molecular weight excluding hydrogens is 252 g/mol. The van der Waals surface area contributed by atoms with Gasteiger partial charge in [-0.1, -0.05) is 6.92 Å². The average molecular weight is 266 g/mol. The third kappa shape index (κ3) is 2.35. The first-order chi connectivity index (χ1) is 8.63. The Morgan fingerprint density at radius 2 is 2.22 bits per heavy atom. The molecule has 0 fully saturated rings. The van der Waals surface area contributed by atoms with E-state index in [1.807, 2.05) is 6.92 Å². The molecule has 7 heteroatoms. The van der Waals surface area contributed by atoms with Crippen LogP contribution in [0.15, 0.2) is 27.4 Å². The fourth-order valence-electron chi connectivity index (χ4n) is 1.68. The molecule has 96 valence electrons. The molecular formula is C11H14N4O2S. The summed E-state index contributed by atoms with van der Waals surface area (Å²) < 4.78 is 2.59. The summed E-state index contributed by atoms with van der Waals surface area (Å²) in [6.45, 7) is 2.67. The third-order valence-corrected chi connectivity index (χ3v) is 3.27. The van der Waals surface area contributed by atoms with Crippen LogP contribution in [0.5, 0.6) is 0 Å². The molecule has 2 rings (SSSR count). The standard InChI is InChI=1S/C11H14N4O2S/c1-2-4-14-6-8(12)10(16)15(11(14)17)7-9-13-3-5-18-9/h3,5-6H,2,4,7,12H2,1H3. The highest BCUT2D eigenvalue weighted by molar-refractivity contribution is 7.09. The molecule has 0 saturated heterocycles. The number of aryl methyl sites for hydroxylation is 1. The predicted molar refractivity (Wildman–Crippen MR) is 70.9 cm³/mol. The fraction of sp³-hybridized carbons (Fsp3) is 0.364. The van der Waals surface area contributed by atoms with Crippen LogP contribution in [-0.4, -0.2) is 14.1 Å². The SMILES string of the molecule is CCCn1cc(N)c(=O)n(Cc2nccs2)c1=O. The zero-order valence-corrected chi connectivity index (χ0v) is 10.8. The Balaban J connectivity index is 2.51. The first kappa shape index (κ1) is 12.6. The van der Waals surface area contributed by atoms with E-state index in [4.69, 9.17) is 5.73 Å². The van der Waals surface area contributed by atoms with Gasteiger partial charge in [0.05, 0.1) is 6.54 Å². The molecule has 2 aromatic heterocycles. The zero-order chi connectivity index (χ0) is 13.1. The number of nitrogens with zero attached hydrogens (tertiary/aromatic N) is 3. The van der Waals surface area contributed by atoms with Crippen molar-refractivity contribution in [3.63, 3.8) is 0 Å². The minimum absolute atomic E-state index is 0.0830. The summed E-state index contributed by atoms with van der Waals surface area (Å²) in [6, 6.07) is 0. The second-order valence-corrected chi connectivity index (χ2v) is 4.86. The van der Waals surface area contributed by atoms with Crippen LogP contribution < -0.4 is 17.0 Å². The van der Waals surface area contributed by atoms with Gasteiger partial charge >= 0.3 is 5.69 Å². The number of thiazole rings is 1. The number of aromatic nitrogens is 3. The summed E-state index contributed by atoms with van der Waals surface area (Å²) in [5.41, 5.74) is 4.93. The van der Waals surface area contributed by atoms with Gasteiger partial charge in [-0.2, -0.15) is 0 Å². The summed E-state index contributed by atoms with van der Waals surface area (Å²) in [7, 11) is 0. The van der Waals surface area contributed by atoms with Crippen LogP contribution in [0.25, 0.3) is 0 Å². The normalized spacial score (nSPS) is 10.7. The van der Waals surface area contributed by atoms with Gasteiger partial charge in [0.1, 0.15) is 10.7 Å². The Morgan fingerprint density at radius 1 is 1.44 bits per heavy atom. The van der Waals surface area contributed by atoms with Crippen LogP contribution in [0.4, 0.5) is 5.69 Å². The highest BCUT2D eigenvalue weighted by atomic mass is 32.1. The molecule has 0 saturated carbocycles. The summed E-state index contributed by atoms with van der Waals surface area (Å²) in [5, 5.41) is 2.51. The number of nitrogens with two attached hydrogens (primary N) is 1. The molecule has 0 atom stereocenters. The van der Waals surface area contributed by atoms with E-state index in [1.165, 1.54) is 22.1 Å². The molecule has 0 spiro atoms. The summed E-state index contributed by atoms with van der Waals surface area (Å²) in [5.74, 6) is 0. The van der Waals surface area contributed by atoms with Gasteiger partial charge in [-0.15, -0.1) is 11.3 Å². The van der Waals surface area contributed by atoms with E-state index < -0.39 is 5.56 Å². The van der Waals surface area contributed by atoms with Gasteiger partial charge in [-0.3, -0.25) is 13.9 Å². The van der Waals surface area contributed by atoms with Crippen LogP contribution >= 0.6 is 11.3 Å². The van der Waals surface area contributed by atoms with E-state index in [2.05, 4.69) is 4.98 Å². The van der Waals surface area contributed by atoms with Crippen molar-refractivity contribution < 1.29 is 0 Å². The van der Waals surface area contributed by atoms with Crippen molar-refractivity contribution in [3.05, 3.63) is 43.6 Å². The van der Waals surface area contributed by atoms with Crippen LogP contribution in [0, 0.1) is 0 Å². The lowest BCUT2D eigenvalue weighted by Crippen LogP contribution is -2.40. The van der Waals surface area contributed by atoms with E-state index >= 15 is 0 Å². The Bertz CT molecular complexity index is 642. The van der Waals surface area contributed by atoms with E-state index in [1.54, 1.807) is 11.6 Å². The quantitative estimate of drug-likeness (QED) is 0.874. The molecule has 0 radical (unpaired) electrons. The van der Waals surface area contributed by atoms with Gasteiger partial charge in [0.25, 0.3) is 5.56 Å². The van der Waals surface area contributed by atoms with Gasteiger partial charge in [0.2, 0.25) is 0 Å². The average Bonchev–Trinajstić information content (AvgIpc) is 2.85. The van der Waals surface area contributed by atoms with Crippen molar-refractivity contribution in [3.8, 4) is 0 Å². The molecule has 0 aliphatic carbocycles. The Kier molecular flexibility index (Phi) is 3.61. The Morgan fingerprint density at radius 3 is 2.83 bits per heavy atom. The number of anilines is 1. The maximum atomic E-state index is 12.1. The van der Waals surface area contributed by atoms with Crippen molar-refractivity contribution >= 4 is 17.0 Å². The molecule has 0 aromatic carbocycles. The first-order valence-electron chi connectivity index (χ1n) is 5.61. The minimum Gasteiger partial charge on any atom is -0.393 e. The predicted octanol–water partition coefficient (Wildman–Crippen LogP) is 0.507. The molecule has 0 aliphatic rings. The molecule has 0 bridgehead atoms. The van der Waals surface area contributed by atoms with Crippen molar-refractivity contribution in [2.24, 2.45) is 0 Å². The summed E-state index contributed by atoms with van der Waals surface area (Å²) in [4.78, 5) is 28.0. The molecule has 2 aromatic rings. The van der Waals surface area contributed by atoms with Crippen LogP contribution in [0.1, 0.15) is 18.4 Å². The number of nitrogen functional groups attached to an aromatic ring is 1. The highest BCUT2D eigenvalue weighted by Gasteiger charge is 2.10. The van der Waals surface area contributed by atoms with E-state index in [0.717, 1.165) is 11.0 Å². The fourth-order valence-corrected chi connectivity index (χ4v) is 2.29. The Labute approximate surface area is 107 Å². The molecule has 18 heavy (non-hydrogen) atoms. The lowest BCUT2D eigenvalue weighted by molar-refractivity contribution is 0.573. The van der Waals surface area contributed by atoms with Gasteiger partial charge in [0.15, 0.2) is 0 Å². The Hall–Kier alpha value is -1.89. The maximum absolute atomic E-state index is 12.1. The largest absolute Gasteiger partial charge is 0.393 e. The number of rotatable bonds is 4. The maximum Gasteiger partial charge on any atom is 0.331 e. The molecule has 2 N–H and O–H groups in total. The van der Waals surface area contributed by atoms with E-state index in [-0.39, 0.29) is 17.9 Å². The third-order valence-electron chi connectivity index (χ3n) is 2.50. The van der Waals surface area contributed by atoms with Crippen LogP contribution in [0.3, 0.4) is 0 Å². The highest BCUT2D eigenvalue weighted by Crippen LogP contribution is 2.04. The van der Waals surface area contributed by atoms with Crippen molar-refractivity contribution in [1.29, 1.82) is 0 Å². The molecule has 0 aliphatic heterocycles. The molecule has 6 nitrogen and oxygen atoms in total. The zero-order valence-electron chi connectivity index (χ0n) is 10.00. The van der Waals surface area contributed by atoms with Crippen molar-refractivity contribution in [2.45, 2.75) is 26.4 Å². The number of hydrogen-bond acceptors (Lipinski definition) is 5. The van der Waals surface area contributed by atoms with Gasteiger partial charge in [0, 0.05) is 24.3 Å². The number of hydrogen-bond donors (Lipinski definition) is 1. The minimum atomic E-state index is -0.456. The lowest BCUT2D eigenvalue weighted by Gasteiger charge is -2.09. The van der Waals surface area contributed by atoms with Crippen molar-refractivity contribution in [1.82, 2.24) is 14.1 Å². The van der Waals surface area contributed by atoms with Crippen LogP contribution in [-0.2, 0) is 13.1 Å². The molecule has 2 heterocycles. The molecule has 0 unspecified atom stereocenters. The van der Waals surface area contributed by atoms with Crippen molar-refractivity contribution in [2.75, 3.05) is 5.73 Å². The van der Waals surface area contributed by atoms with Crippen LogP contribution in [0.2, 0.25) is 0 Å². The van der Waals surface area contributed by atoms with Gasteiger partial charge < -0.3 is 5.73 Å². The monoisotopic (exact) mass is 266 g/mol. The topological polar surface area (TPSA) is 82.9 Å². The van der Waals surface area contributed by atoms with E-state index in [0.29, 0.717) is 11.6 Å². The van der Waals surface area contributed by atoms with Gasteiger partial charge in [-0.25, -0.2) is 9.78 Å².